The Morgan fingerprint density at radius 2 is 1.91 bits per heavy atom. The number of rotatable bonds is 9. The van der Waals surface area contributed by atoms with Gasteiger partial charge in [0.1, 0.15) is 11.6 Å². The summed E-state index contributed by atoms with van der Waals surface area (Å²) in [6, 6.07) is 3.29. The number of imidazole rings is 1. The molecule has 0 bridgehead atoms. The third-order valence-electron chi connectivity index (χ3n) is 5.21. The normalized spacial score (nSPS) is 11.5. The Labute approximate surface area is 191 Å². The van der Waals surface area contributed by atoms with Crippen molar-refractivity contribution in [1.29, 1.82) is 0 Å². The molecule has 0 radical (unpaired) electrons. The monoisotopic (exact) mass is 478 g/mol. The van der Waals surface area contributed by atoms with Crippen LogP contribution >= 0.6 is 11.6 Å². The SMILES string of the molecule is CCCCn1c(=O)n(CCCc2nc(Cc3ccc(F)cc3F)no2)c(=O)c2[nH]c(Cl)nc21. The van der Waals surface area contributed by atoms with Crippen molar-refractivity contribution in [2.45, 2.75) is 52.1 Å². The van der Waals surface area contributed by atoms with Crippen molar-refractivity contribution in [1.82, 2.24) is 29.2 Å². The summed E-state index contributed by atoms with van der Waals surface area (Å²) in [5, 5.41) is 3.86. The second-order valence-corrected chi connectivity index (χ2v) is 7.95. The summed E-state index contributed by atoms with van der Waals surface area (Å²) in [5.41, 5.74) is -0.289. The number of aryl methyl sites for hydroxylation is 2. The zero-order valence-electron chi connectivity index (χ0n) is 17.8. The van der Waals surface area contributed by atoms with E-state index < -0.39 is 22.9 Å². The first-order valence-corrected chi connectivity index (χ1v) is 10.9. The summed E-state index contributed by atoms with van der Waals surface area (Å²) in [7, 11) is 0. The van der Waals surface area contributed by atoms with Crippen LogP contribution in [-0.2, 0) is 25.9 Å². The van der Waals surface area contributed by atoms with Crippen LogP contribution in [0.1, 0.15) is 43.5 Å². The van der Waals surface area contributed by atoms with Gasteiger partial charge in [-0.05, 0) is 36.1 Å². The highest BCUT2D eigenvalue weighted by atomic mass is 35.5. The molecule has 0 saturated heterocycles. The molecule has 0 saturated carbocycles. The van der Waals surface area contributed by atoms with Gasteiger partial charge in [0, 0.05) is 32.0 Å². The quantitative estimate of drug-likeness (QED) is 0.370. The maximum atomic E-state index is 13.8. The van der Waals surface area contributed by atoms with Crippen LogP contribution < -0.4 is 11.2 Å². The molecule has 0 amide bonds. The molecular formula is C21H21ClF2N6O3. The molecule has 0 fully saturated rings. The van der Waals surface area contributed by atoms with E-state index in [2.05, 4.69) is 20.1 Å². The van der Waals surface area contributed by atoms with Gasteiger partial charge < -0.3 is 9.51 Å². The second-order valence-electron chi connectivity index (χ2n) is 7.59. The highest BCUT2D eigenvalue weighted by Crippen LogP contribution is 2.14. The van der Waals surface area contributed by atoms with Crippen molar-refractivity contribution in [2.75, 3.05) is 0 Å². The molecule has 0 aliphatic heterocycles. The van der Waals surface area contributed by atoms with E-state index in [4.69, 9.17) is 16.1 Å². The van der Waals surface area contributed by atoms with Gasteiger partial charge in [0.25, 0.3) is 5.56 Å². The van der Waals surface area contributed by atoms with Gasteiger partial charge in [-0.1, -0.05) is 24.6 Å². The van der Waals surface area contributed by atoms with Gasteiger partial charge in [-0.2, -0.15) is 9.97 Å². The predicted molar refractivity (Wildman–Crippen MR) is 116 cm³/mol. The first kappa shape index (κ1) is 22.8. The zero-order chi connectivity index (χ0) is 23.5. The summed E-state index contributed by atoms with van der Waals surface area (Å²) in [6.07, 6.45) is 2.35. The molecule has 1 aromatic carbocycles. The lowest BCUT2D eigenvalue weighted by atomic mass is 10.1. The van der Waals surface area contributed by atoms with Gasteiger partial charge in [-0.25, -0.2) is 13.6 Å². The lowest BCUT2D eigenvalue weighted by molar-refractivity contribution is 0.367. The van der Waals surface area contributed by atoms with E-state index in [1.807, 2.05) is 6.92 Å². The van der Waals surface area contributed by atoms with E-state index in [0.717, 1.165) is 29.5 Å². The van der Waals surface area contributed by atoms with Crippen molar-refractivity contribution in [3.05, 3.63) is 73.2 Å². The molecule has 3 heterocycles. The van der Waals surface area contributed by atoms with Crippen molar-refractivity contribution >= 4 is 22.8 Å². The number of H-pyrrole nitrogens is 1. The Hall–Kier alpha value is -3.34. The van der Waals surface area contributed by atoms with Crippen LogP contribution in [-0.4, -0.2) is 29.2 Å². The van der Waals surface area contributed by atoms with Gasteiger partial charge in [-0.15, -0.1) is 0 Å². The van der Waals surface area contributed by atoms with Gasteiger partial charge in [0.2, 0.25) is 11.2 Å². The summed E-state index contributed by atoms with van der Waals surface area (Å²) < 4.78 is 34.6. The number of aromatic nitrogens is 6. The smallest absolute Gasteiger partial charge is 0.332 e. The minimum absolute atomic E-state index is 0.0421. The Balaban J connectivity index is 1.48. The van der Waals surface area contributed by atoms with Crippen LogP contribution in [0.2, 0.25) is 5.28 Å². The average Bonchev–Trinajstić information content (AvgIpc) is 3.39. The summed E-state index contributed by atoms with van der Waals surface area (Å²) in [4.78, 5) is 36.8. The first-order chi connectivity index (χ1) is 15.9. The minimum Gasteiger partial charge on any atom is -0.339 e. The molecule has 9 nitrogen and oxygen atoms in total. The number of benzene rings is 1. The highest BCUT2D eigenvalue weighted by molar-refractivity contribution is 6.28. The van der Waals surface area contributed by atoms with E-state index in [1.54, 1.807) is 0 Å². The molecule has 3 aromatic heterocycles. The van der Waals surface area contributed by atoms with Gasteiger partial charge in [0.15, 0.2) is 17.0 Å². The summed E-state index contributed by atoms with van der Waals surface area (Å²) >= 11 is 5.93. The Morgan fingerprint density at radius 1 is 1.12 bits per heavy atom. The molecule has 0 spiro atoms. The standard InChI is InChI=1S/C21H21ClF2N6O3/c1-2-3-8-29-18-17(26-20(22)27-18)19(31)30(21(29)32)9-4-5-16-25-15(28-33-16)10-12-6-7-13(23)11-14(12)24/h6-7,11H,2-5,8-10H2,1H3,(H,26,27). The van der Waals surface area contributed by atoms with Crippen molar-refractivity contribution in [3.8, 4) is 0 Å². The third-order valence-corrected chi connectivity index (χ3v) is 5.39. The molecule has 0 atom stereocenters. The summed E-state index contributed by atoms with van der Waals surface area (Å²) in [5.74, 6) is -0.806. The zero-order valence-corrected chi connectivity index (χ0v) is 18.5. The van der Waals surface area contributed by atoms with Gasteiger partial charge in [0.05, 0.1) is 0 Å². The van der Waals surface area contributed by atoms with E-state index in [-0.39, 0.29) is 46.7 Å². The van der Waals surface area contributed by atoms with E-state index in [9.17, 15) is 18.4 Å². The average molecular weight is 479 g/mol. The molecule has 1 N–H and O–H groups in total. The molecule has 33 heavy (non-hydrogen) atoms. The molecule has 12 heteroatoms. The molecule has 4 rings (SSSR count). The number of hydrogen-bond acceptors (Lipinski definition) is 6. The van der Waals surface area contributed by atoms with Crippen molar-refractivity contribution < 1.29 is 13.3 Å². The Bertz CT molecular complexity index is 1410. The van der Waals surface area contributed by atoms with Crippen molar-refractivity contribution in [3.63, 3.8) is 0 Å². The fourth-order valence-electron chi connectivity index (χ4n) is 3.54. The summed E-state index contributed by atoms with van der Waals surface area (Å²) in [6.45, 7) is 2.54. The van der Waals surface area contributed by atoms with Crippen LogP contribution in [0.4, 0.5) is 8.78 Å². The fourth-order valence-corrected chi connectivity index (χ4v) is 3.72. The van der Waals surface area contributed by atoms with E-state index in [0.29, 0.717) is 19.4 Å². The molecule has 0 aliphatic rings. The number of halogens is 3. The van der Waals surface area contributed by atoms with Crippen LogP contribution in [0.5, 0.6) is 0 Å². The molecule has 0 unspecified atom stereocenters. The number of nitrogens with zero attached hydrogens (tertiary/aromatic N) is 5. The number of unbranched alkanes of at least 4 members (excludes halogenated alkanes) is 1. The van der Waals surface area contributed by atoms with Crippen LogP contribution in [0.15, 0.2) is 32.3 Å². The molecule has 4 aromatic rings. The second kappa shape index (κ2) is 9.65. The molecular weight excluding hydrogens is 458 g/mol. The topological polar surface area (TPSA) is 112 Å². The Morgan fingerprint density at radius 3 is 2.67 bits per heavy atom. The lowest BCUT2D eigenvalue weighted by Crippen LogP contribution is -2.40. The first-order valence-electron chi connectivity index (χ1n) is 10.5. The molecule has 0 aliphatic carbocycles. The van der Waals surface area contributed by atoms with Gasteiger partial charge >= 0.3 is 5.69 Å². The van der Waals surface area contributed by atoms with Crippen molar-refractivity contribution in [2.24, 2.45) is 0 Å². The number of aromatic amines is 1. The third kappa shape index (κ3) is 4.87. The predicted octanol–water partition coefficient (Wildman–Crippen LogP) is 3.22. The number of hydrogen-bond donors (Lipinski definition) is 1. The highest BCUT2D eigenvalue weighted by Gasteiger charge is 2.17. The maximum absolute atomic E-state index is 13.8. The van der Waals surface area contributed by atoms with Gasteiger partial charge in [-0.3, -0.25) is 13.9 Å². The fraction of sp³-hybridized carbons (Fsp3) is 0.381. The van der Waals surface area contributed by atoms with Crippen LogP contribution in [0, 0.1) is 11.6 Å². The van der Waals surface area contributed by atoms with E-state index in [1.165, 1.54) is 10.6 Å². The minimum atomic E-state index is -0.686. The lowest BCUT2D eigenvalue weighted by Gasteiger charge is -2.10. The van der Waals surface area contributed by atoms with Crippen LogP contribution in [0.3, 0.4) is 0 Å². The largest absolute Gasteiger partial charge is 0.339 e. The number of fused-ring (bicyclic) bond motifs is 1. The number of nitrogens with one attached hydrogen (secondary N) is 1. The van der Waals surface area contributed by atoms with E-state index >= 15 is 0 Å². The van der Waals surface area contributed by atoms with Crippen LogP contribution in [0.25, 0.3) is 11.2 Å². The molecule has 174 valence electrons. The maximum Gasteiger partial charge on any atom is 0.332 e. The Kier molecular flexibility index (Phi) is 6.68.